The lowest BCUT2D eigenvalue weighted by Crippen LogP contribution is -2.41. The number of likely N-dealkylation sites (tertiary alicyclic amines) is 1. The molecule has 154 valence electrons. The average molecular weight is 389 g/mol. The monoisotopic (exact) mass is 388 g/mol. The molecule has 0 radical (unpaired) electrons. The van der Waals surface area contributed by atoms with Gasteiger partial charge in [0.1, 0.15) is 18.5 Å². The highest BCUT2D eigenvalue weighted by molar-refractivity contribution is 5.28. The first-order valence-corrected chi connectivity index (χ1v) is 10.2. The molecular formula is C21H32N4O3. The van der Waals surface area contributed by atoms with E-state index < -0.39 is 6.10 Å². The molecule has 0 aliphatic carbocycles. The molecule has 1 fully saturated rings. The van der Waals surface area contributed by atoms with E-state index in [0.29, 0.717) is 6.54 Å². The van der Waals surface area contributed by atoms with Gasteiger partial charge in [0.15, 0.2) is 0 Å². The summed E-state index contributed by atoms with van der Waals surface area (Å²) in [5, 5.41) is 27.4. The Morgan fingerprint density at radius 3 is 2.89 bits per heavy atom. The van der Waals surface area contributed by atoms with Crippen LogP contribution in [0.1, 0.15) is 24.8 Å². The molecule has 7 nitrogen and oxygen atoms in total. The number of rotatable bonds is 11. The molecule has 1 aromatic heterocycles. The Hall–Kier alpha value is -1.93. The first-order valence-electron chi connectivity index (χ1n) is 10.2. The molecule has 0 amide bonds. The molecule has 2 aromatic rings. The molecule has 1 atom stereocenters. The fourth-order valence-electron chi connectivity index (χ4n) is 3.42. The number of benzene rings is 1. The Kier molecular flexibility index (Phi) is 8.29. The number of hydrogen-bond acceptors (Lipinski definition) is 6. The minimum atomic E-state index is -0.528. The molecule has 1 aliphatic rings. The zero-order chi connectivity index (χ0) is 19.6. The van der Waals surface area contributed by atoms with Gasteiger partial charge in [0, 0.05) is 45.1 Å². The second-order valence-electron chi connectivity index (χ2n) is 7.44. The minimum absolute atomic E-state index is 0.188. The number of piperidine rings is 1. The number of hydrogen-bond donors (Lipinski definition) is 3. The van der Waals surface area contributed by atoms with Crippen molar-refractivity contribution in [3.63, 3.8) is 0 Å². The molecule has 0 saturated carbocycles. The third kappa shape index (κ3) is 7.24. The summed E-state index contributed by atoms with van der Waals surface area (Å²) in [6.45, 7) is 5.16. The van der Waals surface area contributed by atoms with E-state index in [2.05, 4.69) is 21.4 Å². The van der Waals surface area contributed by atoms with Gasteiger partial charge in [-0.15, -0.1) is 0 Å². The molecule has 7 heteroatoms. The van der Waals surface area contributed by atoms with Crippen molar-refractivity contribution in [1.82, 2.24) is 20.0 Å². The number of aromatic nitrogens is 2. The van der Waals surface area contributed by atoms with Gasteiger partial charge in [0.2, 0.25) is 0 Å². The van der Waals surface area contributed by atoms with Gasteiger partial charge >= 0.3 is 0 Å². The molecule has 1 unspecified atom stereocenters. The predicted octanol–water partition coefficient (Wildman–Crippen LogP) is 1.26. The van der Waals surface area contributed by atoms with E-state index in [1.807, 2.05) is 35.1 Å². The van der Waals surface area contributed by atoms with E-state index in [4.69, 9.17) is 4.74 Å². The van der Waals surface area contributed by atoms with Crippen LogP contribution in [0, 0.1) is 0 Å². The van der Waals surface area contributed by atoms with Crippen LogP contribution in [-0.4, -0.2) is 69.9 Å². The standard InChI is InChI=1S/C21H32N4O3/c26-19-6-12-24(13-7-19)16-20(27)17-28-21-5-1-4-18(14-21)15-22-8-2-10-25-11-3-9-23-25/h1,3-5,9,11,14,19-20,22,26-27H,2,6-8,10,12-13,15-17H2. The van der Waals surface area contributed by atoms with Gasteiger partial charge in [0.25, 0.3) is 0 Å². The van der Waals surface area contributed by atoms with E-state index in [0.717, 1.165) is 63.3 Å². The summed E-state index contributed by atoms with van der Waals surface area (Å²) in [6.07, 6.45) is 5.65. The van der Waals surface area contributed by atoms with Crippen LogP contribution in [0.4, 0.5) is 0 Å². The van der Waals surface area contributed by atoms with Crippen molar-refractivity contribution in [2.75, 3.05) is 32.8 Å². The van der Waals surface area contributed by atoms with Crippen molar-refractivity contribution in [3.05, 3.63) is 48.3 Å². The Bertz CT molecular complexity index is 672. The maximum atomic E-state index is 10.2. The third-order valence-corrected chi connectivity index (χ3v) is 5.00. The van der Waals surface area contributed by atoms with Gasteiger partial charge in [0.05, 0.1) is 6.10 Å². The topological polar surface area (TPSA) is 82.8 Å². The molecule has 3 N–H and O–H groups in total. The van der Waals surface area contributed by atoms with Crippen LogP contribution >= 0.6 is 0 Å². The van der Waals surface area contributed by atoms with Crippen molar-refractivity contribution in [3.8, 4) is 5.75 Å². The van der Waals surface area contributed by atoms with Gasteiger partial charge in [-0.1, -0.05) is 12.1 Å². The Morgan fingerprint density at radius 1 is 1.25 bits per heavy atom. The van der Waals surface area contributed by atoms with E-state index in [1.54, 1.807) is 6.20 Å². The van der Waals surface area contributed by atoms with Crippen molar-refractivity contribution in [1.29, 1.82) is 0 Å². The Balaban J connectivity index is 1.32. The number of ether oxygens (including phenoxy) is 1. The number of nitrogens with zero attached hydrogens (tertiary/aromatic N) is 3. The van der Waals surface area contributed by atoms with E-state index >= 15 is 0 Å². The summed E-state index contributed by atoms with van der Waals surface area (Å²) >= 11 is 0. The number of aliphatic hydroxyl groups is 2. The van der Waals surface area contributed by atoms with Crippen LogP contribution in [0.15, 0.2) is 42.7 Å². The van der Waals surface area contributed by atoms with Crippen LogP contribution < -0.4 is 10.1 Å². The van der Waals surface area contributed by atoms with E-state index in [9.17, 15) is 10.2 Å². The third-order valence-electron chi connectivity index (χ3n) is 5.00. The van der Waals surface area contributed by atoms with Gasteiger partial charge < -0.3 is 25.2 Å². The van der Waals surface area contributed by atoms with Crippen molar-refractivity contribution in [2.45, 2.75) is 44.6 Å². The van der Waals surface area contributed by atoms with Crippen LogP contribution in [0.5, 0.6) is 5.75 Å². The lowest BCUT2D eigenvalue weighted by atomic mass is 10.1. The number of nitrogens with one attached hydrogen (secondary N) is 1. The summed E-state index contributed by atoms with van der Waals surface area (Å²) in [7, 11) is 0. The molecule has 1 aromatic carbocycles. The largest absolute Gasteiger partial charge is 0.491 e. The van der Waals surface area contributed by atoms with Gasteiger partial charge in [-0.2, -0.15) is 5.10 Å². The van der Waals surface area contributed by atoms with Crippen molar-refractivity contribution >= 4 is 0 Å². The lowest BCUT2D eigenvalue weighted by Gasteiger charge is -2.30. The Morgan fingerprint density at radius 2 is 2.11 bits per heavy atom. The molecule has 2 heterocycles. The molecule has 1 aliphatic heterocycles. The molecule has 28 heavy (non-hydrogen) atoms. The summed E-state index contributed by atoms with van der Waals surface area (Å²) in [6, 6.07) is 9.93. The predicted molar refractivity (Wildman–Crippen MR) is 108 cm³/mol. The van der Waals surface area contributed by atoms with Crippen LogP contribution in [0.3, 0.4) is 0 Å². The SMILES string of the molecule is OC1CCN(CC(O)COc2cccc(CNCCCn3cccn3)c2)CC1. The zero-order valence-corrected chi connectivity index (χ0v) is 16.4. The summed E-state index contributed by atoms with van der Waals surface area (Å²) in [5.41, 5.74) is 1.16. The van der Waals surface area contributed by atoms with Crippen LogP contribution in [0.2, 0.25) is 0 Å². The van der Waals surface area contributed by atoms with E-state index in [-0.39, 0.29) is 12.7 Å². The summed E-state index contributed by atoms with van der Waals surface area (Å²) in [4.78, 5) is 2.18. The lowest BCUT2D eigenvalue weighted by molar-refractivity contribution is 0.0337. The minimum Gasteiger partial charge on any atom is -0.491 e. The fourth-order valence-corrected chi connectivity index (χ4v) is 3.42. The second kappa shape index (κ2) is 11.2. The average Bonchev–Trinajstić information content (AvgIpc) is 3.22. The number of aryl methyl sites for hydroxylation is 1. The van der Waals surface area contributed by atoms with Gasteiger partial charge in [-0.05, 0) is 49.6 Å². The quantitative estimate of drug-likeness (QED) is 0.503. The van der Waals surface area contributed by atoms with Crippen molar-refractivity contribution < 1.29 is 14.9 Å². The first-order chi connectivity index (χ1) is 13.7. The molecule has 0 bridgehead atoms. The van der Waals surface area contributed by atoms with E-state index in [1.165, 1.54) is 0 Å². The summed E-state index contributed by atoms with van der Waals surface area (Å²) in [5.74, 6) is 0.781. The fraction of sp³-hybridized carbons (Fsp3) is 0.571. The highest BCUT2D eigenvalue weighted by Crippen LogP contribution is 2.14. The maximum Gasteiger partial charge on any atom is 0.119 e. The first kappa shape index (κ1) is 20.8. The molecule has 3 rings (SSSR count). The molecule has 1 saturated heterocycles. The van der Waals surface area contributed by atoms with Gasteiger partial charge in [-0.25, -0.2) is 0 Å². The second-order valence-corrected chi connectivity index (χ2v) is 7.44. The smallest absolute Gasteiger partial charge is 0.119 e. The number of aliphatic hydroxyl groups excluding tert-OH is 2. The number of β-amino-alcohol motifs (C(OH)–C–C–N with tert-alkyl or cyclic N) is 1. The highest BCUT2D eigenvalue weighted by Gasteiger charge is 2.19. The van der Waals surface area contributed by atoms with Gasteiger partial charge in [-0.3, -0.25) is 4.68 Å². The maximum absolute atomic E-state index is 10.2. The van der Waals surface area contributed by atoms with Crippen LogP contribution in [0.25, 0.3) is 0 Å². The highest BCUT2D eigenvalue weighted by atomic mass is 16.5. The Labute approximate surface area is 166 Å². The van der Waals surface area contributed by atoms with Crippen LogP contribution in [-0.2, 0) is 13.1 Å². The summed E-state index contributed by atoms with van der Waals surface area (Å²) < 4.78 is 7.72. The molecule has 0 spiro atoms. The van der Waals surface area contributed by atoms with Crippen molar-refractivity contribution in [2.24, 2.45) is 0 Å². The normalized spacial score (nSPS) is 16.9. The molecular weight excluding hydrogens is 356 g/mol. The zero-order valence-electron chi connectivity index (χ0n) is 16.4.